The Kier molecular flexibility index (Phi) is 4.56. The summed E-state index contributed by atoms with van der Waals surface area (Å²) in [5, 5.41) is 10.5. The van der Waals surface area contributed by atoms with Gasteiger partial charge in [-0.3, -0.25) is 0 Å². The van der Waals surface area contributed by atoms with Crippen molar-refractivity contribution in [2.75, 3.05) is 0 Å². The molecule has 0 radical (unpaired) electrons. The van der Waals surface area contributed by atoms with Crippen LogP contribution in [0.25, 0.3) is 0 Å². The normalized spacial score (nSPS) is 31.9. The molecule has 0 spiro atoms. The first-order chi connectivity index (χ1) is 7.79. The van der Waals surface area contributed by atoms with Gasteiger partial charge in [0.05, 0.1) is 17.3 Å². The molecule has 98 valence electrons. The third-order valence-electron chi connectivity index (χ3n) is 3.64. The van der Waals surface area contributed by atoms with Crippen LogP contribution in [-0.2, 0) is 4.74 Å². The average Bonchev–Trinajstić information content (AvgIpc) is 2.62. The number of allylic oxidation sites excluding steroid dienone is 2. The quantitative estimate of drug-likeness (QED) is 0.741. The number of hydrogen-bond donors (Lipinski definition) is 1. The highest BCUT2D eigenvalue weighted by molar-refractivity contribution is 5.03. The third kappa shape index (κ3) is 3.97. The molecule has 0 amide bonds. The van der Waals surface area contributed by atoms with Crippen molar-refractivity contribution in [1.82, 2.24) is 0 Å². The first kappa shape index (κ1) is 14.5. The minimum atomic E-state index is -0.743. The van der Waals surface area contributed by atoms with Gasteiger partial charge < -0.3 is 9.84 Å². The van der Waals surface area contributed by atoms with E-state index in [0.717, 1.165) is 25.7 Å². The zero-order valence-electron chi connectivity index (χ0n) is 11.6. The summed E-state index contributed by atoms with van der Waals surface area (Å²) in [6.45, 7) is 11.9. The minimum absolute atomic E-state index is 0.0731. The lowest BCUT2D eigenvalue weighted by atomic mass is 9.90. The van der Waals surface area contributed by atoms with E-state index in [1.54, 1.807) is 0 Å². The lowest BCUT2D eigenvalue weighted by Crippen LogP contribution is -2.40. The van der Waals surface area contributed by atoms with Crippen LogP contribution in [0.4, 0.5) is 0 Å². The van der Waals surface area contributed by atoms with Crippen LogP contribution < -0.4 is 0 Å². The standard InChI is InChI=1S/C15H26O2/c1-6-14(4)11-9-13(17-14)15(5,16)10-7-8-12(2)3/h6,8,13,16H,1,7,9-11H2,2-5H3/t13-,14-,15+/m0/s1. The van der Waals surface area contributed by atoms with E-state index in [2.05, 4.69) is 26.5 Å². The van der Waals surface area contributed by atoms with Crippen molar-refractivity contribution in [2.24, 2.45) is 0 Å². The van der Waals surface area contributed by atoms with Crippen molar-refractivity contribution < 1.29 is 9.84 Å². The Hall–Kier alpha value is -0.600. The topological polar surface area (TPSA) is 29.5 Å². The van der Waals surface area contributed by atoms with E-state index in [9.17, 15) is 5.11 Å². The van der Waals surface area contributed by atoms with Gasteiger partial charge in [0.15, 0.2) is 0 Å². The maximum Gasteiger partial charge on any atom is 0.0883 e. The summed E-state index contributed by atoms with van der Waals surface area (Å²) in [7, 11) is 0. The van der Waals surface area contributed by atoms with Crippen LogP contribution in [0.3, 0.4) is 0 Å². The number of ether oxygens (including phenoxy) is 1. The van der Waals surface area contributed by atoms with Crippen LogP contribution in [0.5, 0.6) is 0 Å². The summed E-state index contributed by atoms with van der Waals surface area (Å²) in [6.07, 6.45) is 7.44. The van der Waals surface area contributed by atoms with Gasteiger partial charge in [0.25, 0.3) is 0 Å². The second kappa shape index (κ2) is 5.36. The monoisotopic (exact) mass is 238 g/mol. The molecular weight excluding hydrogens is 212 g/mol. The molecule has 3 atom stereocenters. The molecule has 0 saturated carbocycles. The fourth-order valence-corrected chi connectivity index (χ4v) is 2.26. The van der Waals surface area contributed by atoms with Crippen LogP contribution in [-0.4, -0.2) is 22.4 Å². The summed E-state index contributed by atoms with van der Waals surface area (Å²) in [5.41, 5.74) is 0.293. The Balaban J connectivity index is 2.54. The summed E-state index contributed by atoms with van der Waals surface area (Å²) in [4.78, 5) is 0. The van der Waals surface area contributed by atoms with Crippen molar-refractivity contribution in [1.29, 1.82) is 0 Å². The van der Waals surface area contributed by atoms with Crippen molar-refractivity contribution in [2.45, 2.75) is 70.7 Å². The Morgan fingerprint density at radius 1 is 1.59 bits per heavy atom. The molecule has 1 aliphatic rings. The molecule has 0 bridgehead atoms. The molecule has 17 heavy (non-hydrogen) atoms. The van der Waals surface area contributed by atoms with Crippen LogP contribution in [0.1, 0.15) is 53.4 Å². The van der Waals surface area contributed by atoms with Crippen LogP contribution in [0.15, 0.2) is 24.3 Å². The number of aliphatic hydroxyl groups is 1. The van der Waals surface area contributed by atoms with Gasteiger partial charge in [-0.2, -0.15) is 0 Å². The first-order valence-corrected chi connectivity index (χ1v) is 6.46. The predicted octanol–water partition coefficient (Wildman–Crippen LogP) is 3.61. The first-order valence-electron chi connectivity index (χ1n) is 6.46. The van der Waals surface area contributed by atoms with Crippen molar-refractivity contribution in [3.05, 3.63) is 24.3 Å². The molecule has 0 unspecified atom stereocenters. The molecule has 2 heteroatoms. The van der Waals surface area contributed by atoms with Gasteiger partial charge in [0, 0.05) is 0 Å². The summed E-state index contributed by atoms with van der Waals surface area (Å²) in [5.74, 6) is 0. The average molecular weight is 238 g/mol. The maximum absolute atomic E-state index is 10.5. The molecular formula is C15H26O2. The van der Waals surface area contributed by atoms with Gasteiger partial charge in [-0.15, -0.1) is 6.58 Å². The Morgan fingerprint density at radius 3 is 2.71 bits per heavy atom. The zero-order chi connectivity index (χ0) is 13.1. The Labute approximate surface area is 105 Å². The van der Waals surface area contributed by atoms with Crippen molar-refractivity contribution in [3.8, 4) is 0 Å². The summed E-state index contributed by atoms with van der Waals surface area (Å²) in [6, 6.07) is 0. The van der Waals surface area contributed by atoms with Gasteiger partial charge in [-0.25, -0.2) is 0 Å². The van der Waals surface area contributed by atoms with Crippen LogP contribution in [0.2, 0.25) is 0 Å². The lowest BCUT2D eigenvalue weighted by molar-refractivity contribution is -0.112. The molecule has 1 aliphatic heterocycles. The van der Waals surface area contributed by atoms with E-state index in [-0.39, 0.29) is 11.7 Å². The SMILES string of the molecule is C=C[C@@]1(C)CC[C@@H]([C@](C)(O)CCC=C(C)C)O1. The van der Waals surface area contributed by atoms with Gasteiger partial charge in [0.2, 0.25) is 0 Å². The molecule has 1 heterocycles. The Bertz CT molecular complexity index is 300. The van der Waals surface area contributed by atoms with E-state index in [1.165, 1.54) is 5.57 Å². The van der Waals surface area contributed by atoms with Crippen LogP contribution in [0, 0.1) is 0 Å². The fraction of sp³-hybridized carbons (Fsp3) is 0.733. The largest absolute Gasteiger partial charge is 0.387 e. The third-order valence-corrected chi connectivity index (χ3v) is 3.64. The zero-order valence-corrected chi connectivity index (χ0v) is 11.6. The lowest BCUT2D eigenvalue weighted by Gasteiger charge is -2.31. The maximum atomic E-state index is 10.5. The molecule has 1 saturated heterocycles. The van der Waals surface area contributed by atoms with Crippen LogP contribution >= 0.6 is 0 Å². The van der Waals surface area contributed by atoms with E-state index in [4.69, 9.17) is 4.74 Å². The molecule has 0 aliphatic carbocycles. The number of hydrogen-bond acceptors (Lipinski definition) is 2. The number of rotatable bonds is 5. The predicted molar refractivity (Wildman–Crippen MR) is 72.0 cm³/mol. The molecule has 0 aromatic rings. The van der Waals surface area contributed by atoms with Gasteiger partial charge >= 0.3 is 0 Å². The van der Waals surface area contributed by atoms with E-state index < -0.39 is 5.60 Å². The van der Waals surface area contributed by atoms with E-state index in [0.29, 0.717) is 0 Å². The second-order valence-electron chi connectivity index (χ2n) is 5.84. The minimum Gasteiger partial charge on any atom is -0.387 e. The highest BCUT2D eigenvalue weighted by atomic mass is 16.5. The van der Waals surface area contributed by atoms with E-state index in [1.807, 2.05) is 19.9 Å². The Morgan fingerprint density at radius 2 is 2.24 bits per heavy atom. The highest BCUT2D eigenvalue weighted by Gasteiger charge is 2.42. The second-order valence-corrected chi connectivity index (χ2v) is 5.84. The molecule has 0 aromatic heterocycles. The molecule has 1 fully saturated rings. The van der Waals surface area contributed by atoms with Gasteiger partial charge in [-0.1, -0.05) is 17.7 Å². The summed E-state index contributed by atoms with van der Waals surface area (Å²) < 4.78 is 5.93. The van der Waals surface area contributed by atoms with Crippen molar-refractivity contribution >= 4 is 0 Å². The summed E-state index contributed by atoms with van der Waals surface area (Å²) >= 11 is 0. The fourth-order valence-electron chi connectivity index (χ4n) is 2.26. The smallest absolute Gasteiger partial charge is 0.0883 e. The molecule has 1 N–H and O–H groups in total. The molecule has 1 rings (SSSR count). The molecule has 0 aromatic carbocycles. The van der Waals surface area contributed by atoms with Gasteiger partial charge in [-0.05, 0) is 53.4 Å². The van der Waals surface area contributed by atoms with Gasteiger partial charge in [0.1, 0.15) is 0 Å². The van der Waals surface area contributed by atoms with E-state index >= 15 is 0 Å². The highest BCUT2D eigenvalue weighted by Crippen LogP contribution is 2.37. The van der Waals surface area contributed by atoms with Crippen molar-refractivity contribution in [3.63, 3.8) is 0 Å². The molecule has 2 nitrogen and oxygen atoms in total.